The maximum Gasteiger partial charge on any atom is 0.268 e. The summed E-state index contributed by atoms with van der Waals surface area (Å²) < 4.78 is 22.7. The maximum atomic E-state index is 13.9. The van der Waals surface area contributed by atoms with Crippen molar-refractivity contribution < 1.29 is 27.9 Å². The van der Waals surface area contributed by atoms with Gasteiger partial charge in [0.25, 0.3) is 5.91 Å². The predicted molar refractivity (Wildman–Crippen MR) is 130 cm³/mol. The summed E-state index contributed by atoms with van der Waals surface area (Å²) in [4.78, 5) is 29.0. The highest BCUT2D eigenvalue weighted by Gasteiger charge is 2.38. The third kappa shape index (κ3) is 5.12. The van der Waals surface area contributed by atoms with E-state index >= 15 is 0 Å². The molecule has 3 heterocycles. The van der Waals surface area contributed by atoms with Crippen LogP contribution in [0, 0.1) is 6.92 Å². The Morgan fingerprint density at radius 3 is 2.31 bits per heavy atom. The van der Waals surface area contributed by atoms with E-state index in [1.165, 1.54) is 11.2 Å². The molecule has 2 aromatic heterocycles. The van der Waals surface area contributed by atoms with Crippen LogP contribution in [0.25, 0.3) is 0 Å². The number of nitrogens with zero attached hydrogens (tertiary/aromatic N) is 1. The molecule has 8 nitrogen and oxygen atoms in total. The number of ether oxygens (including phenoxy) is 2. The van der Waals surface area contributed by atoms with Gasteiger partial charge in [0.15, 0.2) is 11.5 Å². The van der Waals surface area contributed by atoms with Crippen molar-refractivity contribution in [3.05, 3.63) is 108 Å². The molecule has 0 bridgehead atoms. The Labute approximate surface area is 208 Å². The molecule has 0 radical (unpaired) electrons. The summed E-state index contributed by atoms with van der Waals surface area (Å²) in [5.41, 5.74) is 1.70. The number of nitrogens with one attached hydrogen (secondary N) is 1. The molecule has 0 saturated carbocycles. The molecule has 1 N–H and O–H groups in total. The van der Waals surface area contributed by atoms with E-state index in [4.69, 9.17) is 18.3 Å². The minimum atomic E-state index is -0.945. The van der Waals surface area contributed by atoms with E-state index in [2.05, 4.69) is 5.32 Å². The van der Waals surface area contributed by atoms with E-state index in [0.29, 0.717) is 28.6 Å². The van der Waals surface area contributed by atoms with Crippen molar-refractivity contribution in [3.63, 3.8) is 0 Å². The summed E-state index contributed by atoms with van der Waals surface area (Å²) in [5.74, 6) is 1.46. The average Bonchev–Trinajstić information content (AvgIpc) is 3.62. The summed E-state index contributed by atoms with van der Waals surface area (Å²) in [6.07, 6.45) is 2.15. The third-order valence-corrected chi connectivity index (χ3v) is 5.94. The molecule has 1 aliphatic heterocycles. The molecule has 2 aromatic carbocycles. The van der Waals surface area contributed by atoms with E-state index in [9.17, 15) is 9.59 Å². The van der Waals surface area contributed by atoms with E-state index in [0.717, 1.165) is 5.56 Å². The summed E-state index contributed by atoms with van der Waals surface area (Å²) >= 11 is 0. The molecule has 0 saturated heterocycles. The second-order valence-corrected chi connectivity index (χ2v) is 8.52. The van der Waals surface area contributed by atoms with Gasteiger partial charge in [-0.25, -0.2) is 0 Å². The first-order chi connectivity index (χ1) is 17.6. The molecule has 2 amide bonds. The summed E-state index contributed by atoms with van der Waals surface area (Å²) in [7, 11) is 0. The normalized spacial score (nSPS) is 15.2. The fraction of sp³-hybridized carbons (Fsp3) is 0.214. The van der Waals surface area contributed by atoms with Crippen molar-refractivity contribution in [1.29, 1.82) is 0 Å². The monoisotopic (exact) mass is 486 g/mol. The largest absolute Gasteiger partial charge is 0.485 e. The minimum Gasteiger partial charge on any atom is -0.485 e. The Morgan fingerprint density at radius 2 is 1.61 bits per heavy atom. The van der Waals surface area contributed by atoms with Crippen molar-refractivity contribution >= 4 is 11.8 Å². The predicted octanol–water partition coefficient (Wildman–Crippen LogP) is 4.41. The molecule has 36 heavy (non-hydrogen) atoms. The highest BCUT2D eigenvalue weighted by molar-refractivity contribution is 5.90. The van der Waals surface area contributed by atoms with Crippen LogP contribution in [0.4, 0.5) is 0 Å². The topological polar surface area (TPSA) is 94.2 Å². The molecule has 2 atom stereocenters. The average molecular weight is 487 g/mol. The van der Waals surface area contributed by atoms with Crippen LogP contribution >= 0.6 is 0 Å². The van der Waals surface area contributed by atoms with Gasteiger partial charge in [-0.15, -0.1) is 0 Å². The molecule has 2 unspecified atom stereocenters. The van der Waals surface area contributed by atoms with E-state index < -0.39 is 12.1 Å². The number of amides is 2. The van der Waals surface area contributed by atoms with E-state index in [1.54, 1.807) is 42.7 Å². The molecule has 5 rings (SSSR count). The number of hydrogen-bond acceptors (Lipinski definition) is 6. The quantitative estimate of drug-likeness (QED) is 0.397. The number of carbonyl (C=O) groups excluding carboxylic acids is 2. The van der Waals surface area contributed by atoms with Crippen LogP contribution in [-0.4, -0.2) is 29.4 Å². The molecule has 0 aliphatic carbocycles. The molecule has 8 heteroatoms. The minimum absolute atomic E-state index is 0.0269. The lowest BCUT2D eigenvalue weighted by Gasteiger charge is -2.35. The van der Waals surface area contributed by atoms with Crippen LogP contribution in [0.1, 0.15) is 28.7 Å². The van der Waals surface area contributed by atoms with Crippen LogP contribution < -0.4 is 14.8 Å². The van der Waals surface area contributed by atoms with Crippen molar-refractivity contribution in [2.75, 3.05) is 6.61 Å². The van der Waals surface area contributed by atoms with Gasteiger partial charge in [-0.05, 0) is 48.9 Å². The van der Waals surface area contributed by atoms with Crippen molar-refractivity contribution in [3.8, 4) is 11.5 Å². The van der Waals surface area contributed by atoms with Gasteiger partial charge >= 0.3 is 0 Å². The number of rotatable bonds is 8. The van der Waals surface area contributed by atoms with Crippen LogP contribution in [0.15, 0.2) is 94.2 Å². The lowest BCUT2D eigenvalue weighted by atomic mass is 10.0. The molecule has 4 aromatic rings. The Kier molecular flexibility index (Phi) is 6.75. The number of aryl methyl sites for hydroxylation is 1. The van der Waals surface area contributed by atoms with Crippen molar-refractivity contribution in [2.45, 2.75) is 32.2 Å². The summed E-state index contributed by atoms with van der Waals surface area (Å²) in [5, 5.41) is 2.90. The molecule has 184 valence electrons. The Bertz CT molecular complexity index is 1300. The highest BCUT2D eigenvalue weighted by atomic mass is 16.6. The Balaban J connectivity index is 1.48. The first kappa shape index (κ1) is 23.3. The molecule has 1 aliphatic rings. The second-order valence-electron chi connectivity index (χ2n) is 8.52. The summed E-state index contributed by atoms with van der Waals surface area (Å²) in [6, 6.07) is 20.8. The van der Waals surface area contributed by atoms with Crippen LogP contribution in [0.2, 0.25) is 0 Å². The zero-order valence-electron chi connectivity index (χ0n) is 19.8. The lowest BCUT2D eigenvalue weighted by molar-refractivity contribution is -0.149. The Hall–Kier alpha value is -4.46. The molecule has 0 fully saturated rings. The molecular formula is C28H26N2O6. The fourth-order valence-corrected chi connectivity index (χ4v) is 4.10. The zero-order valence-corrected chi connectivity index (χ0v) is 19.8. The van der Waals surface area contributed by atoms with Gasteiger partial charge in [0.2, 0.25) is 12.0 Å². The first-order valence-electron chi connectivity index (χ1n) is 11.7. The zero-order chi connectivity index (χ0) is 24.9. The number of fused-ring (bicyclic) bond motifs is 1. The van der Waals surface area contributed by atoms with Gasteiger partial charge in [-0.2, -0.15) is 0 Å². The van der Waals surface area contributed by atoms with Crippen molar-refractivity contribution in [2.24, 2.45) is 0 Å². The highest BCUT2D eigenvalue weighted by Crippen LogP contribution is 2.33. The molecule has 0 spiro atoms. The molecular weight excluding hydrogens is 460 g/mol. The number of carbonyl (C=O) groups is 2. The van der Waals surface area contributed by atoms with Crippen molar-refractivity contribution in [1.82, 2.24) is 10.2 Å². The number of para-hydroxylation sites is 2. The van der Waals surface area contributed by atoms with Gasteiger partial charge in [-0.3, -0.25) is 9.59 Å². The SMILES string of the molecule is Cc1ccc(C(C(=O)NCc2ccco2)N(Cc2ccco2)C(=O)C2COc3ccccc3O2)cc1. The maximum absolute atomic E-state index is 13.9. The fourth-order valence-electron chi connectivity index (χ4n) is 4.10. The third-order valence-electron chi connectivity index (χ3n) is 5.94. The second kappa shape index (κ2) is 10.4. The van der Waals surface area contributed by atoms with Gasteiger partial charge in [-0.1, -0.05) is 42.0 Å². The van der Waals surface area contributed by atoms with E-state index in [-0.39, 0.29) is 31.5 Å². The van der Waals surface area contributed by atoms with Gasteiger partial charge in [0.1, 0.15) is 24.2 Å². The van der Waals surface area contributed by atoms with Crippen LogP contribution in [0.3, 0.4) is 0 Å². The number of benzene rings is 2. The van der Waals surface area contributed by atoms with Gasteiger partial charge in [0.05, 0.1) is 25.6 Å². The van der Waals surface area contributed by atoms with Crippen LogP contribution in [-0.2, 0) is 22.7 Å². The van der Waals surface area contributed by atoms with Crippen LogP contribution in [0.5, 0.6) is 11.5 Å². The van der Waals surface area contributed by atoms with E-state index in [1.807, 2.05) is 43.3 Å². The van der Waals surface area contributed by atoms with Gasteiger partial charge in [0, 0.05) is 0 Å². The van der Waals surface area contributed by atoms with Gasteiger partial charge < -0.3 is 28.5 Å². The summed E-state index contributed by atoms with van der Waals surface area (Å²) in [6.45, 7) is 2.25. The standard InChI is InChI=1S/C28H26N2O6/c1-19-10-12-20(13-11-19)26(27(31)29-16-21-6-4-14-33-21)30(17-22-7-5-15-34-22)28(32)25-18-35-23-8-2-3-9-24(23)36-25/h2-15,25-26H,16-18H2,1H3,(H,29,31). The Morgan fingerprint density at radius 1 is 0.917 bits per heavy atom. The number of furan rings is 2. The lowest BCUT2D eigenvalue weighted by Crippen LogP contribution is -2.50. The first-order valence-corrected chi connectivity index (χ1v) is 11.7. The smallest absolute Gasteiger partial charge is 0.268 e. The number of hydrogen-bond donors (Lipinski definition) is 1.